The zero-order valence-electron chi connectivity index (χ0n) is 16.6. The second kappa shape index (κ2) is 8.45. The molecule has 5 rings (SSSR count). The van der Waals surface area contributed by atoms with Crippen LogP contribution in [0.25, 0.3) is 22.7 Å². The maximum Gasteiger partial charge on any atom is 0.196 e. The van der Waals surface area contributed by atoms with E-state index in [9.17, 15) is 0 Å². The fourth-order valence-electron chi connectivity index (χ4n) is 3.39. The lowest BCUT2D eigenvalue weighted by Crippen LogP contribution is -2.01. The summed E-state index contributed by atoms with van der Waals surface area (Å²) in [7, 11) is 1.65. The van der Waals surface area contributed by atoms with Crippen molar-refractivity contribution in [2.75, 3.05) is 7.11 Å². The molecule has 6 nitrogen and oxygen atoms in total. The fraction of sp³-hybridized carbons (Fsp3) is 0.0870. The van der Waals surface area contributed by atoms with Gasteiger partial charge in [0.2, 0.25) is 0 Å². The molecule has 3 heterocycles. The second-order valence-electron chi connectivity index (χ2n) is 6.81. The van der Waals surface area contributed by atoms with E-state index < -0.39 is 0 Å². The lowest BCUT2D eigenvalue weighted by atomic mass is 10.2. The molecule has 3 aromatic heterocycles. The first-order chi connectivity index (χ1) is 15.2. The van der Waals surface area contributed by atoms with Crippen molar-refractivity contribution in [2.24, 2.45) is 0 Å². The van der Waals surface area contributed by atoms with E-state index in [0.717, 1.165) is 33.5 Å². The van der Waals surface area contributed by atoms with Crippen molar-refractivity contribution in [1.82, 2.24) is 24.1 Å². The van der Waals surface area contributed by atoms with Gasteiger partial charge in [0.05, 0.1) is 18.4 Å². The second-order valence-corrected chi connectivity index (χ2v) is 8.18. The number of benzene rings is 2. The number of fused-ring (bicyclic) bond motifs is 1. The van der Waals surface area contributed by atoms with Gasteiger partial charge >= 0.3 is 0 Å². The number of rotatable bonds is 6. The van der Waals surface area contributed by atoms with Crippen LogP contribution in [0.3, 0.4) is 0 Å². The van der Waals surface area contributed by atoms with Crippen LogP contribution >= 0.6 is 23.4 Å². The number of thioether (sulfide) groups is 1. The summed E-state index contributed by atoms with van der Waals surface area (Å²) in [4.78, 5) is 4.68. The average molecular weight is 448 g/mol. The number of halogens is 1. The Bertz CT molecular complexity index is 1310. The van der Waals surface area contributed by atoms with Gasteiger partial charge in [0.25, 0.3) is 0 Å². The van der Waals surface area contributed by atoms with Crippen molar-refractivity contribution in [3.63, 3.8) is 0 Å². The third-order valence-corrected chi connectivity index (χ3v) is 6.04. The number of pyridine rings is 1. The minimum atomic E-state index is 0.666. The highest BCUT2D eigenvalue weighted by molar-refractivity contribution is 7.98. The summed E-state index contributed by atoms with van der Waals surface area (Å²) in [6, 6.07) is 21.4. The molecule has 0 unspecified atom stereocenters. The number of aromatic nitrogens is 5. The van der Waals surface area contributed by atoms with E-state index in [2.05, 4.69) is 15.2 Å². The first-order valence-corrected chi connectivity index (χ1v) is 11.0. The zero-order chi connectivity index (χ0) is 21.2. The van der Waals surface area contributed by atoms with E-state index >= 15 is 0 Å². The van der Waals surface area contributed by atoms with Gasteiger partial charge in [0.15, 0.2) is 11.0 Å². The van der Waals surface area contributed by atoms with Gasteiger partial charge < -0.3 is 9.14 Å². The average Bonchev–Trinajstić information content (AvgIpc) is 3.42. The number of hydrogen-bond acceptors (Lipinski definition) is 5. The monoisotopic (exact) mass is 447 g/mol. The minimum absolute atomic E-state index is 0.666. The molecule has 0 radical (unpaired) electrons. The molecule has 0 aliphatic rings. The van der Waals surface area contributed by atoms with Crippen molar-refractivity contribution in [3.8, 4) is 22.8 Å². The largest absolute Gasteiger partial charge is 0.496 e. The molecule has 0 atom stereocenters. The molecular formula is C23H18ClN5OS. The molecule has 0 saturated heterocycles. The summed E-state index contributed by atoms with van der Waals surface area (Å²) in [5, 5.41) is 10.4. The number of nitrogens with zero attached hydrogens (tertiary/aromatic N) is 5. The van der Waals surface area contributed by atoms with Crippen LogP contribution in [0.1, 0.15) is 5.69 Å². The first-order valence-electron chi connectivity index (χ1n) is 9.63. The van der Waals surface area contributed by atoms with E-state index in [1.807, 2.05) is 88.1 Å². The van der Waals surface area contributed by atoms with Gasteiger partial charge in [-0.3, -0.25) is 4.57 Å². The van der Waals surface area contributed by atoms with Crippen molar-refractivity contribution >= 4 is 29.0 Å². The van der Waals surface area contributed by atoms with E-state index in [1.165, 1.54) is 0 Å². The molecule has 8 heteroatoms. The molecule has 0 saturated carbocycles. The van der Waals surface area contributed by atoms with Crippen LogP contribution in [0.5, 0.6) is 5.75 Å². The summed E-state index contributed by atoms with van der Waals surface area (Å²) in [6.07, 6.45) is 4.03. The van der Waals surface area contributed by atoms with E-state index in [0.29, 0.717) is 16.6 Å². The summed E-state index contributed by atoms with van der Waals surface area (Å²) in [5.74, 6) is 2.11. The molecule has 0 fully saturated rings. The molecule has 0 spiro atoms. The van der Waals surface area contributed by atoms with Crippen molar-refractivity contribution in [2.45, 2.75) is 10.9 Å². The van der Waals surface area contributed by atoms with Gasteiger partial charge in [0, 0.05) is 28.9 Å². The van der Waals surface area contributed by atoms with Gasteiger partial charge in [-0.1, -0.05) is 41.6 Å². The van der Waals surface area contributed by atoms with Crippen LogP contribution in [-0.4, -0.2) is 31.3 Å². The Balaban J connectivity index is 1.55. The van der Waals surface area contributed by atoms with Crippen LogP contribution in [0.2, 0.25) is 5.02 Å². The molecule has 0 N–H and O–H groups in total. The van der Waals surface area contributed by atoms with Crippen LogP contribution in [0.15, 0.2) is 84.3 Å². The SMILES string of the molecule is COc1ccccc1-c1nnc(SCc2cn3ccccc3n2)n1-c1ccc(Cl)cc1. The smallest absolute Gasteiger partial charge is 0.196 e. The molecule has 31 heavy (non-hydrogen) atoms. The highest BCUT2D eigenvalue weighted by Crippen LogP contribution is 2.34. The van der Waals surface area contributed by atoms with Gasteiger partial charge in [-0.15, -0.1) is 10.2 Å². The van der Waals surface area contributed by atoms with E-state index in [4.69, 9.17) is 16.3 Å². The van der Waals surface area contributed by atoms with Gasteiger partial charge in [0.1, 0.15) is 11.4 Å². The predicted octanol–water partition coefficient (Wildman–Crippen LogP) is 5.54. The standard InChI is InChI=1S/C23H18ClN5OS/c1-30-20-7-3-2-6-19(20)22-26-27-23(29(22)18-11-9-16(24)10-12-18)31-15-17-14-28-13-5-4-8-21(28)25-17/h2-14H,15H2,1H3. The highest BCUT2D eigenvalue weighted by Gasteiger charge is 2.19. The Morgan fingerprint density at radius 3 is 2.58 bits per heavy atom. The maximum atomic E-state index is 6.12. The highest BCUT2D eigenvalue weighted by atomic mass is 35.5. The first kappa shape index (κ1) is 19.7. The maximum absolute atomic E-state index is 6.12. The van der Waals surface area contributed by atoms with Crippen LogP contribution in [0, 0.1) is 0 Å². The van der Waals surface area contributed by atoms with Crippen LogP contribution in [0.4, 0.5) is 0 Å². The molecule has 154 valence electrons. The van der Waals surface area contributed by atoms with Crippen LogP contribution < -0.4 is 4.74 Å². The minimum Gasteiger partial charge on any atom is -0.496 e. The molecule has 0 aliphatic heterocycles. The normalized spacial score (nSPS) is 11.2. The summed E-state index contributed by atoms with van der Waals surface area (Å²) in [6.45, 7) is 0. The quantitative estimate of drug-likeness (QED) is 0.320. The van der Waals surface area contributed by atoms with E-state index in [-0.39, 0.29) is 0 Å². The Labute approximate surface area is 188 Å². The predicted molar refractivity (Wildman–Crippen MR) is 123 cm³/mol. The van der Waals surface area contributed by atoms with Crippen LogP contribution in [-0.2, 0) is 5.75 Å². The van der Waals surface area contributed by atoms with Crippen molar-refractivity contribution in [1.29, 1.82) is 0 Å². The lowest BCUT2D eigenvalue weighted by molar-refractivity contribution is 0.416. The number of ether oxygens (including phenoxy) is 1. The molecule has 2 aromatic carbocycles. The number of methoxy groups -OCH3 is 1. The lowest BCUT2D eigenvalue weighted by Gasteiger charge is -2.12. The molecule has 5 aromatic rings. The molecular weight excluding hydrogens is 430 g/mol. The van der Waals surface area contributed by atoms with Gasteiger partial charge in [-0.2, -0.15) is 0 Å². The number of hydrogen-bond donors (Lipinski definition) is 0. The Hall–Kier alpha value is -3.29. The van der Waals surface area contributed by atoms with Gasteiger partial charge in [-0.25, -0.2) is 4.98 Å². The fourth-order valence-corrected chi connectivity index (χ4v) is 4.35. The van der Waals surface area contributed by atoms with Crippen molar-refractivity contribution < 1.29 is 4.74 Å². The Morgan fingerprint density at radius 2 is 1.77 bits per heavy atom. The van der Waals surface area contributed by atoms with Gasteiger partial charge in [-0.05, 0) is 48.5 Å². The number of para-hydroxylation sites is 1. The molecule has 0 aliphatic carbocycles. The summed E-state index contributed by atoms with van der Waals surface area (Å²) in [5.41, 5.74) is 3.69. The topological polar surface area (TPSA) is 57.2 Å². The van der Waals surface area contributed by atoms with Crippen molar-refractivity contribution in [3.05, 3.63) is 89.8 Å². The zero-order valence-corrected chi connectivity index (χ0v) is 18.2. The summed E-state index contributed by atoms with van der Waals surface area (Å²) < 4.78 is 9.60. The Morgan fingerprint density at radius 1 is 0.968 bits per heavy atom. The third-order valence-electron chi connectivity index (χ3n) is 4.83. The summed E-state index contributed by atoms with van der Waals surface area (Å²) >= 11 is 7.70. The number of imidazole rings is 1. The van der Waals surface area contributed by atoms with E-state index in [1.54, 1.807) is 18.9 Å². The Kier molecular flexibility index (Phi) is 5.36. The third kappa shape index (κ3) is 3.89. The molecule has 0 bridgehead atoms. The molecule has 0 amide bonds.